The van der Waals surface area contributed by atoms with Crippen molar-refractivity contribution in [2.45, 2.75) is 19.4 Å². The second kappa shape index (κ2) is 4.39. The average Bonchev–Trinajstić information content (AvgIpc) is 2.40. The summed E-state index contributed by atoms with van der Waals surface area (Å²) >= 11 is 0. The lowest BCUT2D eigenvalue weighted by Gasteiger charge is -2.19. The fourth-order valence-corrected chi connectivity index (χ4v) is 1.87. The molecule has 84 valence electrons. The van der Waals surface area contributed by atoms with Gasteiger partial charge in [-0.2, -0.15) is 9.83 Å². The van der Waals surface area contributed by atoms with Crippen molar-refractivity contribution in [2.75, 3.05) is 0 Å². The molecule has 1 aromatic carbocycles. The van der Waals surface area contributed by atoms with E-state index in [-0.39, 0.29) is 5.54 Å². The zero-order valence-corrected chi connectivity index (χ0v) is 10.1. The van der Waals surface area contributed by atoms with Gasteiger partial charge >= 0.3 is 0 Å². The maximum Gasteiger partial charge on any atom is 0.187 e. The number of pyridine rings is 1. The van der Waals surface area contributed by atoms with Crippen LogP contribution in [0.2, 0.25) is 0 Å². The quantitative estimate of drug-likeness (QED) is 0.719. The average molecular weight is 223 g/mol. The van der Waals surface area contributed by atoms with E-state index in [4.69, 9.17) is 5.26 Å². The van der Waals surface area contributed by atoms with Crippen LogP contribution in [-0.2, 0) is 5.54 Å². The summed E-state index contributed by atoms with van der Waals surface area (Å²) in [6.07, 6.45) is 3.90. The van der Waals surface area contributed by atoms with Crippen LogP contribution in [-0.4, -0.2) is 0 Å². The van der Waals surface area contributed by atoms with Crippen molar-refractivity contribution in [1.82, 2.24) is 0 Å². The lowest BCUT2D eigenvalue weighted by atomic mass is 9.94. The summed E-state index contributed by atoms with van der Waals surface area (Å²) in [6.45, 7) is 4.32. The fourth-order valence-electron chi connectivity index (χ4n) is 1.87. The molecule has 2 nitrogen and oxygen atoms in total. The van der Waals surface area contributed by atoms with Gasteiger partial charge in [0.05, 0.1) is 11.6 Å². The Labute approximate surface area is 102 Å². The maximum absolute atomic E-state index is 8.79. The second-order valence-electron chi connectivity index (χ2n) is 4.53. The molecule has 0 N–H and O–H groups in total. The summed E-state index contributed by atoms with van der Waals surface area (Å²) in [5.41, 5.74) is 1.81. The molecule has 0 unspecified atom stereocenters. The van der Waals surface area contributed by atoms with E-state index in [2.05, 4.69) is 36.6 Å². The van der Waals surface area contributed by atoms with E-state index in [0.29, 0.717) is 5.56 Å². The van der Waals surface area contributed by atoms with E-state index in [9.17, 15) is 0 Å². The lowest BCUT2D eigenvalue weighted by Crippen LogP contribution is -2.52. The summed E-state index contributed by atoms with van der Waals surface area (Å²) in [7, 11) is 0. The molecule has 1 heterocycles. The van der Waals surface area contributed by atoms with Crippen molar-refractivity contribution in [3.05, 3.63) is 66.0 Å². The minimum absolute atomic E-state index is 0.116. The molecule has 0 aliphatic carbocycles. The van der Waals surface area contributed by atoms with Gasteiger partial charge in [0, 0.05) is 31.5 Å². The van der Waals surface area contributed by atoms with Crippen molar-refractivity contribution in [2.24, 2.45) is 0 Å². The Morgan fingerprint density at radius 1 is 1.00 bits per heavy atom. The third-order valence-corrected chi connectivity index (χ3v) is 3.08. The molecule has 0 saturated heterocycles. The molecule has 0 aliphatic heterocycles. The standard InChI is InChI=1S/C15H15N2/c1-15(2,14-6-4-3-5-7-14)17-10-8-13(12-16)9-11-17/h3-11H,1-2H3/q+1. The Hall–Kier alpha value is -2.14. The highest BCUT2D eigenvalue weighted by atomic mass is 15.0. The van der Waals surface area contributed by atoms with Crippen molar-refractivity contribution in [1.29, 1.82) is 5.26 Å². The van der Waals surface area contributed by atoms with Crippen LogP contribution in [0.5, 0.6) is 0 Å². The van der Waals surface area contributed by atoms with Crippen LogP contribution in [0, 0.1) is 11.3 Å². The largest absolute Gasteiger partial charge is 0.196 e. The summed E-state index contributed by atoms with van der Waals surface area (Å²) in [5, 5.41) is 8.79. The Balaban J connectivity index is 2.41. The summed E-state index contributed by atoms with van der Waals surface area (Å²) in [5.74, 6) is 0. The molecule has 0 spiro atoms. The molecule has 1 aromatic heterocycles. The van der Waals surface area contributed by atoms with Crippen LogP contribution < -0.4 is 4.57 Å². The third kappa shape index (κ3) is 2.19. The van der Waals surface area contributed by atoms with Crippen molar-refractivity contribution >= 4 is 0 Å². The fraction of sp³-hybridized carbons (Fsp3) is 0.200. The molecule has 17 heavy (non-hydrogen) atoms. The minimum Gasteiger partial charge on any atom is -0.196 e. The first kappa shape index (κ1) is 11.3. The lowest BCUT2D eigenvalue weighted by molar-refractivity contribution is -0.747. The van der Waals surface area contributed by atoms with Gasteiger partial charge in [0.2, 0.25) is 0 Å². The highest BCUT2D eigenvalue weighted by molar-refractivity contribution is 5.24. The summed E-state index contributed by atoms with van der Waals surface area (Å²) in [4.78, 5) is 0. The van der Waals surface area contributed by atoms with Crippen LogP contribution in [0.15, 0.2) is 54.9 Å². The van der Waals surface area contributed by atoms with Gasteiger partial charge in [-0.3, -0.25) is 0 Å². The van der Waals surface area contributed by atoms with Gasteiger partial charge in [0.15, 0.2) is 17.9 Å². The van der Waals surface area contributed by atoms with E-state index >= 15 is 0 Å². The summed E-state index contributed by atoms with van der Waals surface area (Å²) in [6, 6.07) is 16.1. The molecule has 0 amide bonds. The van der Waals surface area contributed by atoms with Crippen molar-refractivity contribution in [3.63, 3.8) is 0 Å². The van der Waals surface area contributed by atoms with Gasteiger partial charge in [-0.1, -0.05) is 30.3 Å². The van der Waals surface area contributed by atoms with Crippen molar-refractivity contribution in [3.8, 4) is 6.07 Å². The predicted molar refractivity (Wildman–Crippen MR) is 66.2 cm³/mol. The van der Waals surface area contributed by atoms with Crippen LogP contribution in [0.3, 0.4) is 0 Å². The van der Waals surface area contributed by atoms with Gasteiger partial charge in [-0.15, -0.1) is 0 Å². The molecule has 0 bridgehead atoms. The van der Waals surface area contributed by atoms with E-state index < -0.39 is 0 Å². The highest BCUT2D eigenvalue weighted by Gasteiger charge is 2.29. The molecular weight excluding hydrogens is 208 g/mol. The van der Waals surface area contributed by atoms with Gasteiger partial charge in [-0.05, 0) is 0 Å². The second-order valence-corrected chi connectivity index (χ2v) is 4.53. The number of benzene rings is 1. The van der Waals surface area contributed by atoms with Gasteiger partial charge < -0.3 is 0 Å². The molecular formula is C15H15N2+. The number of hydrogen-bond acceptors (Lipinski definition) is 1. The topological polar surface area (TPSA) is 27.7 Å². The Morgan fingerprint density at radius 3 is 2.12 bits per heavy atom. The molecule has 2 heteroatoms. The SMILES string of the molecule is CC(C)(c1ccccc1)[n+]1ccc(C#N)cc1. The zero-order chi connectivity index (χ0) is 12.3. The van der Waals surface area contributed by atoms with Crippen LogP contribution in [0.1, 0.15) is 25.0 Å². The highest BCUT2D eigenvalue weighted by Crippen LogP contribution is 2.18. The Kier molecular flexibility index (Phi) is 2.93. The monoisotopic (exact) mass is 223 g/mol. The first-order valence-electron chi connectivity index (χ1n) is 5.62. The maximum atomic E-state index is 8.79. The zero-order valence-electron chi connectivity index (χ0n) is 10.1. The molecule has 0 radical (unpaired) electrons. The number of rotatable bonds is 2. The minimum atomic E-state index is -0.116. The number of nitrogens with zero attached hydrogens (tertiary/aromatic N) is 2. The first-order valence-corrected chi connectivity index (χ1v) is 5.62. The number of aromatic nitrogens is 1. The molecule has 0 fully saturated rings. The molecule has 0 saturated carbocycles. The number of nitriles is 1. The number of hydrogen-bond donors (Lipinski definition) is 0. The Bertz CT molecular complexity index is 533. The van der Waals surface area contributed by atoms with Crippen LogP contribution >= 0.6 is 0 Å². The van der Waals surface area contributed by atoms with Gasteiger partial charge in [-0.25, -0.2) is 0 Å². The smallest absolute Gasteiger partial charge is 0.187 e. The van der Waals surface area contributed by atoms with Gasteiger partial charge in [0.25, 0.3) is 0 Å². The third-order valence-electron chi connectivity index (χ3n) is 3.08. The van der Waals surface area contributed by atoms with E-state index in [1.807, 2.05) is 42.7 Å². The van der Waals surface area contributed by atoms with Crippen molar-refractivity contribution < 1.29 is 4.57 Å². The Morgan fingerprint density at radius 2 is 1.59 bits per heavy atom. The summed E-state index contributed by atoms with van der Waals surface area (Å²) < 4.78 is 2.11. The predicted octanol–water partition coefficient (Wildman–Crippen LogP) is 2.63. The molecule has 2 aromatic rings. The van der Waals surface area contributed by atoms with Gasteiger partial charge in [0.1, 0.15) is 0 Å². The molecule has 2 rings (SSSR count). The normalized spacial score (nSPS) is 10.9. The molecule has 0 aliphatic rings. The van der Waals surface area contributed by atoms with Crippen LogP contribution in [0.25, 0.3) is 0 Å². The van der Waals surface area contributed by atoms with E-state index in [0.717, 1.165) is 0 Å². The van der Waals surface area contributed by atoms with Crippen LogP contribution in [0.4, 0.5) is 0 Å². The first-order chi connectivity index (χ1) is 8.14. The van der Waals surface area contributed by atoms with E-state index in [1.165, 1.54) is 5.56 Å². The molecule has 0 atom stereocenters. The van der Waals surface area contributed by atoms with E-state index in [1.54, 1.807) is 0 Å².